The van der Waals surface area contributed by atoms with Crippen LogP contribution in [-0.2, 0) is 0 Å². The predicted octanol–water partition coefficient (Wildman–Crippen LogP) is 1.37. The van der Waals surface area contributed by atoms with E-state index in [2.05, 4.69) is 10.1 Å². The van der Waals surface area contributed by atoms with Gasteiger partial charge in [0.05, 0.1) is 23.1 Å². The third-order valence-corrected chi connectivity index (χ3v) is 2.00. The van der Waals surface area contributed by atoms with Crippen molar-refractivity contribution in [3.05, 3.63) is 35.2 Å². The van der Waals surface area contributed by atoms with Crippen LogP contribution in [0.25, 0.3) is 5.82 Å². The largest absolute Gasteiger partial charge is 0.396 e. The van der Waals surface area contributed by atoms with Gasteiger partial charge < -0.3 is 5.73 Å². The van der Waals surface area contributed by atoms with Gasteiger partial charge in [-0.2, -0.15) is 10.4 Å². The summed E-state index contributed by atoms with van der Waals surface area (Å²) in [5, 5.41) is 13.2. The molecular weight excluding hydrogens is 214 g/mol. The van der Waals surface area contributed by atoms with Crippen LogP contribution in [0.1, 0.15) is 5.69 Å². The molecule has 74 valence electrons. The molecule has 0 aliphatic carbocycles. The van der Waals surface area contributed by atoms with Crippen LogP contribution in [0.3, 0.4) is 0 Å². The van der Waals surface area contributed by atoms with Crippen molar-refractivity contribution >= 4 is 17.3 Å². The molecule has 2 aromatic rings. The second kappa shape index (κ2) is 3.59. The Kier molecular flexibility index (Phi) is 2.27. The zero-order valence-corrected chi connectivity index (χ0v) is 8.31. The standard InChI is InChI=1S/C9H6ClN5/c10-6-4-13-15(5-6)9-2-1-7(12)8(3-11)14-9/h1-2,4-5H,12H2. The van der Waals surface area contributed by atoms with E-state index < -0.39 is 0 Å². The van der Waals surface area contributed by atoms with E-state index >= 15 is 0 Å². The molecule has 0 fully saturated rings. The van der Waals surface area contributed by atoms with Crippen LogP contribution >= 0.6 is 11.6 Å². The first-order valence-electron chi connectivity index (χ1n) is 4.08. The van der Waals surface area contributed by atoms with Crippen LogP contribution in [0.5, 0.6) is 0 Å². The summed E-state index contributed by atoms with van der Waals surface area (Å²) in [7, 11) is 0. The highest BCUT2D eigenvalue weighted by atomic mass is 35.5. The molecule has 0 amide bonds. The summed E-state index contributed by atoms with van der Waals surface area (Å²) in [6.07, 6.45) is 3.09. The van der Waals surface area contributed by atoms with E-state index in [9.17, 15) is 0 Å². The molecule has 2 N–H and O–H groups in total. The molecule has 0 saturated carbocycles. The summed E-state index contributed by atoms with van der Waals surface area (Å²) >= 11 is 5.71. The van der Waals surface area contributed by atoms with Crippen molar-refractivity contribution in [1.82, 2.24) is 14.8 Å². The van der Waals surface area contributed by atoms with Gasteiger partial charge in [0.15, 0.2) is 11.5 Å². The van der Waals surface area contributed by atoms with Crippen LogP contribution in [0.15, 0.2) is 24.5 Å². The summed E-state index contributed by atoms with van der Waals surface area (Å²) < 4.78 is 1.47. The molecule has 6 heteroatoms. The fraction of sp³-hybridized carbons (Fsp3) is 0. The first-order chi connectivity index (χ1) is 7.20. The van der Waals surface area contributed by atoms with Gasteiger partial charge in [-0.25, -0.2) is 9.67 Å². The zero-order chi connectivity index (χ0) is 10.8. The molecule has 0 aromatic carbocycles. The third-order valence-electron chi connectivity index (χ3n) is 1.80. The fourth-order valence-electron chi connectivity index (χ4n) is 1.10. The second-order valence-corrected chi connectivity index (χ2v) is 3.26. The van der Waals surface area contributed by atoms with Gasteiger partial charge in [-0.1, -0.05) is 11.6 Å². The van der Waals surface area contributed by atoms with Crippen LogP contribution in [0.2, 0.25) is 5.02 Å². The van der Waals surface area contributed by atoms with Crippen molar-refractivity contribution in [2.24, 2.45) is 0 Å². The number of halogens is 1. The molecule has 0 bridgehead atoms. The number of nitriles is 1. The van der Waals surface area contributed by atoms with E-state index in [1.807, 2.05) is 6.07 Å². The lowest BCUT2D eigenvalue weighted by Crippen LogP contribution is -2.01. The summed E-state index contributed by atoms with van der Waals surface area (Å²) in [4.78, 5) is 4.03. The van der Waals surface area contributed by atoms with Crippen molar-refractivity contribution < 1.29 is 0 Å². The Labute approximate surface area is 90.7 Å². The molecule has 0 aliphatic rings. The topological polar surface area (TPSA) is 80.5 Å². The number of rotatable bonds is 1. The Hall–Kier alpha value is -2.06. The maximum absolute atomic E-state index is 8.75. The Morgan fingerprint density at radius 2 is 2.27 bits per heavy atom. The molecule has 15 heavy (non-hydrogen) atoms. The van der Waals surface area contributed by atoms with Gasteiger partial charge in [0.2, 0.25) is 0 Å². The van der Waals surface area contributed by atoms with Crippen LogP contribution < -0.4 is 5.73 Å². The third kappa shape index (κ3) is 1.75. The SMILES string of the molecule is N#Cc1nc(-n2cc(Cl)cn2)ccc1N. The average molecular weight is 220 g/mol. The number of nitrogens with zero attached hydrogens (tertiary/aromatic N) is 4. The maximum Gasteiger partial charge on any atom is 0.165 e. The van der Waals surface area contributed by atoms with Gasteiger partial charge in [-0.05, 0) is 12.1 Å². The molecule has 2 aromatic heterocycles. The Balaban J connectivity index is 2.51. The minimum absolute atomic E-state index is 0.180. The summed E-state index contributed by atoms with van der Waals surface area (Å²) in [6, 6.07) is 5.18. The van der Waals surface area contributed by atoms with Gasteiger partial charge in [-0.15, -0.1) is 0 Å². The molecule has 5 nitrogen and oxygen atoms in total. The summed E-state index contributed by atoms with van der Waals surface area (Å²) in [5.41, 5.74) is 6.07. The molecule has 0 spiro atoms. The van der Waals surface area contributed by atoms with Crippen LogP contribution in [0, 0.1) is 11.3 Å². The van der Waals surface area contributed by atoms with Crippen LogP contribution in [0.4, 0.5) is 5.69 Å². The van der Waals surface area contributed by atoms with Crippen molar-refractivity contribution in [3.8, 4) is 11.9 Å². The molecule has 2 heterocycles. The number of aromatic nitrogens is 3. The number of pyridine rings is 1. The predicted molar refractivity (Wildman–Crippen MR) is 55.5 cm³/mol. The van der Waals surface area contributed by atoms with Crippen molar-refractivity contribution in [3.63, 3.8) is 0 Å². The van der Waals surface area contributed by atoms with Gasteiger partial charge in [-0.3, -0.25) is 0 Å². The smallest absolute Gasteiger partial charge is 0.165 e. The highest BCUT2D eigenvalue weighted by Crippen LogP contribution is 2.13. The van der Waals surface area contributed by atoms with E-state index in [0.29, 0.717) is 16.5 Å². The average Bonchev–Trinajstić information content (AvgIpc) is 2.66. The maximum atomic E-state index is 8.75. The Morgan fingerprint density at radius 3 is 2.87 bits per heavy atom. The van der Waals surface area contributed by atoms with E-state index in [1.54, 1.807) is 18.3 Å². The minimum atomic E-state index is 0.180. The van der Waals surface area contributed by atoms with E-state index in [1.165, 1.54) is 10.9 Å². The number of nitrogens with two attached hydrogens (primary N) is 1. The monoisotopic (exact) mass is 219 g/mol. The molecule has 0 aliphatic heterocycles. The molecule has 0 atom stereocenters. The molecule has 0 radical (unpaired) electrons. The number of anilines is 1. The lowest BCUT2D eigenvalue weighted by Gasteiger charge is -2.01. The fourth-order valence-corrected chi connectivity index (χ4v) is 1.24. The second-order valence-electron chi connectivity index (χ2n) is 2.82. The number of nitrogen functional groups attached to an aromatic ring is 1. The molecule has 0 unspecified atom stereocenters. The molecule has 0 saturated heterocycles. The first kappa shape index (κ1) is 9.49. The summed E-state index contributed by atoms with van der Waals surface area (Å²) in [6.45, 7) is 0. The highest BCUT2D eigenvalue weighted by Gasteiger charge is 2.04. The molecular formula is C9H6ClN5. The van der Waals surface area contributed by atoms with Gasteiger partial charge in [0.1, 0.15) is 6.07 Å². The lowest BCUT2D eigenvalue weighted by atomic mass is 10.3. The Bertz CT molecular complexity index is 540. The highest BCUT2D eigenvalue weighted by molar-refractivity contribution is 6.30. The van der Waals surface area contributed by atoms with Crippen molar-refractivity contribution in [1.29, 1.82) is 5.26 Å². The van der Waals surface area contributed by atoms with Gasteiger partial charge >= 0.3 is 0 Å². The zero-order valence-electron chi connectivity index (χ0n) is 7.55. The van der Waals surface area contributed by atoms with Crippen molar-refractivity contribution in [2.45, 2.75) is 0 Å². The summed E-state index contributed by atoms with van der Waals surface area (Å²) in [5.74, 6) is 0.507. The Morgan fingerprint density at radius 1 is 1.47 bits per heavy atom. The quantitative estimate of drug-likeness (QED) is 0.786. The van der Waals surface area contributed by atoms with E-state index in [4.69, 9.17) is 22.6 Å². The number of hydrogen-bond acceptors (Lipinski definition) is 4. The lowest BCUT2D eigenvalue weighted by molar-refractivity contribution is 0.845. The van der Waals surface area contributed by atoms with Gasteiger partial charge in [0, 0.05) is 0 Å². The van der Waals surface area contributed by atoms with Gasteiger partial charge in [0.25, 0.3) is 0 Å². The van der Waals surface area contributed by atoms with Crippen molar-refractivity contribution in [2.75, 3.05) is 5.73 Å². The van der Waals surface area contributed by atoms with E-state index in [0.717, 1.165) is 0 Å². The first-order valence-corrected chi connectivity index (χ1v) is 4.45. The van der Waals surface area contributed by atoms with E-state index in [-0.39, 0.29) is 5.69 Å². The number of hydrogen-bond donors (Lipinski definition) is 1. The van der Waals surface area contributed by atoms with Crippen LogP contribution in [-0.4, -0.2) is 14.8 Å². The minimum Gasteiger partial charge on any atom is -0.396 e. The normalized spacial score (nSPS) is 9.87. The molecule has 2 rings (SSSR count).